The first-order valence-electron chi connectivity index (χ1n) is 24.9. The Kier molecular flexibility index (Phi) is 13.3. The predicted octanol–water partition coefficient (Wildman–Crippen LogP) is 11.1. The quantitative estimate of drug-likeness (QED) is 0.143. The van der Waals surface area contributed by atoms with E-state index in [4.69, 9.17) is 24.7 Å². The van der Waals surface area contributed by atoms with Gasteiger partial charge in [-0.05, 0) is 139 Å². The minimum absolute atomic E-state index is 0. The normalized spacial score (nSPS) is 20.3. The van der Waals surface area contributed by atoms with Crippen LogP contribution in [0, 0.1) is 11.8 Å². The number of carbonyl (C=O) groups excluding carboxylic acids is 1. The molecule has 17 heteroatoms. The van der Waals surface area contributed by atoms with Gasteiger partial charge in [-0.3, -0.25) is 9.97 Å². The largest absolute Gasteiger partial charge is 0.444 e. The first-order chi connectivity index (χ1) is 33.5. The van der Waals surface area contributed by atoms with Gasteiger partial charge in [0.15, 0.2) is 0 Å². The molecule has 8 aromatic heterocycles. The van der Waals surface area contributed by atoms with Crippen LogP contribution < -0.4 is 16.0 Å². The number of halogens is 1. The second-order valence-corrected chi connectivity index (χ2v) is 20.6. The van der Waals surface area contributed by atoms with E-state index in [1.54, 1.807) is 4.90 Å². The Morgan fingerprint density at radius 2 is 1.16 bits per heavy atom. The topological polar surface area (TPSA) is 179 Å². The number of anilines is 4. The molecule has 0 spiro atoms. The van der Waals surface area contributed by atoms with Gasteiger partial charge in [-0.15, -0.1) is 12.4 Å². The van der Waals surface area contributed by atoms with Gasteiger partial charge in [0.05, 0.1) is 41.4 Å². The highest BCUT2D eigenvalue weighted by Crippen LogP contribution is 2.40. The molecule has 0 unspecified atom stereocenters. The fourth-order valence-electron chi connectivity index (χ4n) is 10.8. The number of pyridine rings is 4. The number of rotatable bonds is 6. The molecule has 0 radical (unpaired) electrons. The summed E-state index contributed by atoms with van der Waals surface area (Å²) in [7, 11) is 0. The lowest BCUT2D eigenvalue weighted by atomic mass is 9.87. The van der Waals surface area contributed by atoms with Gasteiger partial charge in [-0.1, -0.05) is 26.0 Å². The number of fused-ring (bicyclic) bond motifs is 8. The minimum atomic E-state index is -0.529. The Labute approximate surface area is 414 Å². The van der Waals surface area contributed by atoms with Gasteiger partial charge in [0.2, 0.25) is 11.9 Å². The van der Waals surface area contributed by atoms with Crippen molar-refractivity contribution in [2.75, 3.05) is 23.7 Å². The van der Waals surface area contributed by atoms with Crippen LogP contribution in [0.25, 0.3) is 43.9 Å². The first kappa shape index (κ1) is 47.2. The van der Waals surface area contributed by atoms with E-state index >= 15 is 0 Å². The Morgan fingerprint density at radius 3 is 1.69 bits per heavy atom. The maximum atomic E-state index is 12.6. The van der Waals surface area contributed by atoms with E-state index in [2.05, 4.69) is 83.1 Å². The Hall–Kier alpha value is -6.52. The molecule has 0 bridgehead atoms. The third-order valence-corrected chi connectivity index (χ3v) is 14.5. The molecule has 2 aliphatic carbocycles. The maximum absolute atomic E-state index is 12.6. The van der Waals surface area contributed by atoms with E-state index in [1.807, 2.05) is 70.1 Å². The van der Waals surface area contributed by atoms with E-state index in [0.717, 1.165) is 112 Å². The zero-order valence-electron chi connectivity index (χ0n) is 40.8. The van der Waals surface area contributed by atoms with Crippen LogP contribution in [0.4, 0.5) is 28.3 Å². The summed E-state index contributed by atoms with van der Waals surface area (Å²) in [5, 5.41) is 14.5. The number of hydrogen-bond acceptors (Lipinski definition) is 13. The van der Waals surface area contributed by atoms with Crippen molar-refractivity contribution in [2.45, 2.75) is 130 Å². The summed E-state index contributed by atoms with van der Waals surface area (Å²) in [6, 6.07) is 13.2. The number of nitrogens with one attached hydrogen (secondary N) is 3. The van der Waals surface area contributed by atoms with E-state index in [1.165, 1.54) is 49.5 Å². The van der Waals surface area contributed by atoms with Crippen LogP contribution in [0.3, 0.4) is 0 Å². The summed E-state index contributed by atoms with van der Waals surface area (Å²) in [5.74, 6) is 4.11. The molecule has 2 fully saturated rings. The van der Waals surface area contributed by atoms with Crippen molar-refractivity contribution in [1.82, 2.24) is 59.2 Å². The van der Waals surface area contributed by atoms with Crippen LogP contribution in [0.15, 0.2) is 73.6 Å². The maximum Gasteiger partial charge on any atom is 0.410 e. The molecule has 12 rings (SSSR count). The molecule has 3 N–H and O–H groups in total. The zero-order valence-corrected chi connectivity index (χ0v) is 41.6. The van der Waals surface area contributed by atoms with Gasteiger partial charge < -0.3 is 34.7 Å². The van der Waals surface area contributed by atoms with Gasteiger partial charge in [0.1, 0.15) is 28.5 Å². The zero-order chi connectivity index (χ0) is 47.2. The Balaban J connectivity index is 0.000000163. The molecule has 10 heterocycles. The Bertz CT molecular complexity index is 3180. The third kappa shape index (κ3) is 9.67. The summed E-state index contributed by atoms with van der Waals surface area (Å²) in [5.41, 5.74) is 8.09. The summed E-state index contributed by atoms with van der Waals surface area (Å²) < 4.78 is 10.3. The smallest absolute Gasteiger partial charge is 0.410 e. The third-order valence-electron chi connectivity index (χ3n) is 14.5. The number of amides is 1. The van der Waals surface area contributed by atoms with Crippen LogP contribution in [0.1, 0.15) is 121 Å². The highest BCUT2D eigenvalue weighted by atomic mass is 35.5. The van der Waals surface area contributed by atoms with Gasteiger partial charge in [-0.25, -0.2) is 24.7 Å². The van der Waals surface area contributed by atoms with Crippen molar-refractivity contribution < 1.29 is 9.53 Å². The summed E-state index contributed by atoms with van der Waals surface area (Å²) >= 11 is 0. The molecule has 0 atom stereocenters. The van der Waals surface area contributed by atoms with Crippen LogP contribution >= 0.6 is 12.4 Å². The minimum Gasteiger partial charge on any atom is -0.444 e. The predicted molar refractivity (Wildman–Crippen MR) is 277 cm³/mol. The van der Waals surface area contributed by atoms with Gasteiger partial charge in [-0.2, -0.15) is 9.97 Å². The van der Waals surface area contributed by atoms with E-state index < -0.39 is 5.60 Å². The standard InChI is InChI=1S/C29H35N7O2.C24H27N7.ClH/c1-18-5-8-20(9-6-18)36-24-16-30-13-11-21(24)22-15-31-27(34-26(22)36)33-25-10-7-19-12-14-35(17-23(19)32-25)28(37)38-29(2,3)4;1-15-2-5-17(6-3-15)31-21-14-26-11-9-18(21)19-12-27-24(30-23(19)31)29-22-7-4-16-8-10-25-13-20(16)28-22;/h7,10-11,13,15-16,18,20H,5-6,8-9,12,14,17H2,1-4H3,(H,31,32,33,34);4,7,9,11-12,14-15,17,25H,2-3,5-6,8,10,13H2,1H3,(H,27,28,29,30);1H. The van der Waals surface area contributed by atoms with Crippen molar-refractivity contribution in [2.24, 2.45) is 11.8 Å². The van der Waals surface area contributed by atoms with E-state index in [0.29, 0.717) is 42.9 Å². The van der Waals surface area contributed by atoms with Crippen molar-refractivity contribution in [3.63, 3.8) is 0 Å². The van der Waals surface area contributed by atoms with E-state index in [9.17, 15) is 4.79 Å². The average Bonchev–Trinajstić information content (AvgIpc) is 3.86. The second-order valence-electron chi connectivity index (χ2n) is 20.6. The molecule has 2 saturated carbocycles. The van der Waals surface area contributed by atoms with Gasteiger partial charge in [0, 0.05) is 71.5 Å². The van der Waals surface area contributed by atoms with Crippen molar-refractivity contribution in [1.29, 1.82) is 0 Å². The lowest BCUT2D eigenvalue weighted by Gasteiger charge is -2.30. The Morgan fingerprint density at radius 1 is 0.643 bits per heavy atom. The molecule has 16 nitrogen and oxygen atoms in total. The van der Waals surface area contributed by atoms with Crippen molar-refractivity contribution in [3.05, 3.63) is 96.1 Å². The monoisotopic (exact) mass is 962 g/mol. The number of hydrogen-bond donors (Lipinski definition) is 3. The first-order valence-corrected chi connectivity index (χ1v) is 24.9. The highest BCUT2D eigenvalue weighted by Gasteiger charge is 2.29. The fourth-order valence-corrected chi connectivity index (χ4v) is 10.8. The van der Waals surface area contributed by atoms with Crippen LogP contribution in [0.5, 0.6) is 0 Å². The number of nitrogens with zero attached hydrogens (tertiary/aromatic N) is 11. The molecule has 364 valence electrons. The van der Waals surface area contributed by atoms with Gasteiger partial charge >= 0.3 is 6.09 Å². The summed E-state index contributed by atoms with van der Waals surface area (Å²) in [4.78, 5) is 52.0. The van der Waals surface area contributed by atoms with Crippen LogP contribution in [0.2, 0.25) is 0 Å². The molecule has 1 amide bonds. The van der Waals surface area contributed by atoms with Gasteiger partial charge in [0.25, 0.3) is 0 Å². The highest BCUT2D eigenvalue weighted by molar-refractivity contribution is 6.07. The second kappa shape index (κ2) is 19.7. The molecule has 0 aromatic carbocycles. The number of carbonyl (C=O) groups is 1. The summed E-state index contributed by atoms with van der Waals surface area (Å²) in [6.07, 6.45) is 22.5. The van der Waals surface area contributed by atoms with Crippen molar-refractivity contribution >= 4 is 85.9 Å². The molecular weight excluding hydrogens is 900 g/mol. The SMILES string of the molecule is CC1CCC(n2c3cnccc3c3cnc(Nc4ccc5c(n4)CN(C(=O)OC(C)(C)C)CC5)nc32)CC1.CC1CCC(n2c3cnccc3c3cnc(Nc4ccc5c(n4)CNCC5)nc32)CC1.Cl. The molecule has 0 saturated heterocycles. The molecule has 70 heavy (non-hydrogen) atoms. The van der Waals surface area contributed by atoms with E-state index in [-0.39, 0.29) is 18.5 Å². The molecular formula is C53H63ClN14O2. The van der Waals surface area contributed by atoms with Crippen LogP contribution in [-0.2, 0) is 30.7 Å². The van der Waals surface area contributed by atoms with Crippen molar-refractivity contribution in [3.8, 4) is 0 Å². The fraction of sp³-hybridized carbons (Fsp3) is 0.453. The number of ether oxygens (including phenoxy) is 1. The lowest BCUT2D eigenvalue weighted by Crippen LogP contribution is -2.40. The number of aromatic nitrogens is 10. The van der Waals surface area contributed by atoms with Crippen LogP contribution in [-0.4, -0.2) is 78.7 Å². The lowest BCUT2D eigenvalue weighted by molar-refractivity contribution is 0.0221. The summed E-state index contributed by atoms with van der Waals surface area (Å²) in [6.45, 7) is 13.2. The molecule has 2 aliphatic heterocycles. The molecule has 8 aromatic rings. The average molecular weight is 964 g/mol. The molecule has 4 aliphatic rings.